The second kappa shape index (κ2) is 8.45. The number of hydrogen-bond donors (Lipinski definition) is 0. The Balaban J connectivity index is 1.56. The molecule has 0 spiro atoms. The van der Waals surface area contributed by atoms with E-state index in [-0.39, 0.29) is 5.91 Å². The molecule has 0 N–H and O–H groups in total. The predicted molar refractivity (Wildman–Crippen MR) is 103 cm³/mol. The van der Waals surface area contributed by atoms with E-state index in [9.17, 15) is 4.79 Å². The minimum absolute atomic E-state index is 0.00178. The first-order valence-corrected chi connectivity index (χ1v) is 9.55. The number of thioether (sulfide) groups is 1. The van der Waals surface area contributed by atoms with Crippen molar-refractivity contribution in [3.63, 3.8) is 0 Å². The van der Waals surface area contributed by atoms with Crippen molar-refractivity contribution < 1.29 is 9.53 Å². The Hall–Kier alpha value is -0.920. The number of ether oxygens (including phenoxy) is 1. The zero-order valence-corrected chi connectivity index (χ0v) is 15.6. The Morgan fingerprint density at radius 1 is 1.21 bits per heavy atom. The summed E-state index contributed by atoms with van der Waals surface area (Å²) < 4.78 is 5.99. The Morgan fingerprint density at radius 3 is 2.62 bits per heavy atom. The molecule has 1 amide bonds. The highest BCUT2D eigenvalue weighted by Gasteiger charge is 2.31. The molecular formula is C17H19ClN2O2S2. The number of nitrogens with zero attached hydrogens (tertiary/aromatic N) is 2. The number of benzene rings is 1. The zero-order valence-electron chi connectivity index (χ0n) is 13.2. The SMILES string of the molecule is O=C1/C(=C\c2ccc(Cl)cc2)SC(=S)N1CCCN1CCOCC1. The predicted octanol–water partition coefficient (Wildman–Crippen LogP) is 3.26. The average Bonchev–Trinajstić information content (AvgIpc) is 2.85. The molecule has 2 saturated heterocycles. The highest BCUT2D eigenvalue weighted by atomic mass is 35.5. The van der Waals surface area contributed by atoms with Gasteiger partial charge in [-0.05, 0) is 30.2 Å². The first kappa shape index (κ1) is 17.9. The van der Waals surface area contributed by atoms with E-state index in [2.05, 4.69) is 4.90 Å². The van der Waals surface area contributed by atoms with Crippen molar-refractivity contribution in [2.45, 2.75) is 6.42 Å². The molecule has 24 heavy (non-hydrogen) atoms. The monoisotopic (exact) mass is 382 g/mol. The van der Waals surface area contributed by atoms with Crippen LogP contribution in [0.5, 0.6) is 0 Å². The number of amides is 1. The van der Waals surface area contributed by atoms with E-state index in [4.69, 9.17) is 28.6 Å². The maximum atomic E-state index is 12.6. The number of morpholine rings is 1. The molecule has 4 nitrogen and oxygen atoms in total. The molecule has 7 heteroatoms. The molecule has 128 valence electrons. The lowest BCUT2D eigenvalue weighted by Crippen LogP contribution is -2.38. The van der Waals surface area contributed by atoms with Crippen LogP contribution in [0.3, 0.4) is 0 Å². The molecule has 0 saturated carbocycles. The molecule has 0 atom stereocenters. The van der Waals surface area contributed by atoms with Crippen LogP contribution >= 0.6 is 35.6 Å². The number of carbonyl (C=O) groups is 1. The molecule has 2 aliphatic heterocycles. The largest absolute Gasteiger partial charge is 0.379 e. The Morgan fingerprint density at radius 2 is 1.92 bits per heavy atom. The lowest BCUT2D eigenvalue weighted by molar-refractivity contribution is -0.122. The van der Waals surface area contributed by atoms with Gasteiger partial charge < -0.3 is 4.74 Å². The van der Waals surface area contributed by atoms with E-state index in [1.165, 1.54) is 11.8 Å². The van der Waals surface area contributed by atoms with Crippen LogP contribution in [-0.2, 0) is 9.53 Å². The van der Waals surface area contributed by atoms with Gasteiger partial charge in [0.05, 0.1) is 18.1 Å². The van der Waals surface area contributed by atoms with Crippen LogP contribution in [-0.4, -0.2) is 59.4 Å². The molecule has 2 aliphatic rings. The summed E-state index contributed by atoms with van der Waals surface area (Å²) in [5, 5.41) is 0.683. The second-order valence-electron chi connectivity index (χ2n) is 5.69. The molecule has 2 heterocycles. The quantitative estimate of drug-likeness (QED) is 0.576. The van der Waals surface area contributed by atoms with E-state index in [1.807, 2.05) is 30.3 Å². The van der Waals surface area contributed by atoms with Gasteiger partial charge in [-0.1, -0.05) is 47.7 Å². The molecule has 0 unspecified atom stereocenters. The van der Waals surface area contributed by atoms with Crippen molar-refractivity contribution in [1.82, 2.24) is 9.80 Å². The van der Waals surface area contributed by atoms with E-state index in [1.54, 1.807) is 4.90 Å². The van der Waals surface area contributed by atoms with Gasteiger partial charge in [-0.3, -0.25) is 14.6 Å². The maximum absolute atomic E-state index is 12.6. The number of thiocarbonyl (C=S) groups is 1. The fourth-order valence-electron chi connectivity index (χ4n) is 2.68. The summed E-state index contributed by atoms with van der Waals surface area (Å²) in [6.45, 7) is 5.16. The lowest BCUT2D eigenvalue weighted by atomic mass is 10.2. The van der Waals surface area contributed by atoms with Crippen LogP contribution in [0.25, 0.3) is 6.08 Å². The molecule has 2 fully saturated rings. The molecule has 0 bridgehead atoms. The van der Waals surface area contributed by atoms with Crippen molar-refractivity contribution in [2.24, 2.45) is 0 Å². The van der Waals surface area contributed by atoms with Crippen LogP contribution < -0.4 is 0 Å². The average molecular weight is 383 g/mol. The highest BCUT2D eigenvalue weighted by Crippen LogP contribution is 2.32. The van der Waals surface area contributed by atoms with E-state index in [0.29, 0.717) is 20.8 Å². The first-order valence-electron chi connectivity index (χ1n) is 7.94. The van der Waals surface area contributed by atoms with E-state index >= 15 is 0 Å². The summed E-state index contributed by atoms with van der Waals surface area (Å²) in [5.74, 6) is 0.00178. The van der Waals surface area contributed by atoms with Crippen molar-refractivity contribution in [3.05, 3.63) is 39.8 Å². The number of halogens is 1. The van der Waals surface area contributed by atoms with Gasteiger partial charge in [0.15, 0.2) is 0 Å². The second-order valence-corrected chi connectivity index (χ2v) is 7.80. The lowest BCUT2D eigenvalue weighted by Gasteiger charge is -2.27. The summed E-state index contributed by atoms with van der Waals surface area (Å²) in [6, 6.07) is 7.42. The molecule has 1 aromatic carbocycles. The molecule has 0 aromatic heterocycles. The summed E-state index contributed by atoms with van der Waals surface area (Å²) >= 11 is 12.6. The Bertz CT molecular complexity index is 642. The molecule has 0 radical (unpaired) electrons. The van der Waals surface area contributed by atoms with Gasteiger partial charge in [0, 0.05) is 31.2 Å². The first-order chi connectivity index (χ1) is 11.6. The van der Waals surface area contributed by atoms with Gasteiger partial charge in [0.2, 0.25) is 0 Å². The highest BCUT2D eigenvalue weighted by molar-refractivity contribution is 8.26. The van der Waals surface area contributed by atoms with Crippen molar-refractivity contribution in [1.29, 1.82) is 0 Å². The van der Waals surface area contributed by atoms with Crippen molar-refractivity contribution >= 4 is 51.9 Å². The normalized spacial score (nSPS) is 21.0. The number of rotatable bonds is 5. The van der Waals surface area contributed by atoms with Crippen molar-refractivity contribution in [3.8, 4) is 0 Å². The summed E-state index contributed by atoms with van der Waals surface area (Å²) in [6.07, 6.45) is 2.79. The van der Waals surface area contributed by atoms with E-state index < -0.39 is 0 Å². The van der Waals surface area contributed by atoms with Gasteiger partial charge in [0.1, 0.15) is 4.32 Å². The molecule has 0 aliphatic carbocycles. The summed E-state index contributed by atoms with van der Waals surface area (Å²) in [4.78, 5) is 17.3. The van der Waals surface area contributed by atoms with Gasteiger partial charge in [0.25, 0.3) is 5.91 Å². The Kier molecular flexibility index (Phi) is 6.30. The number of carbonyl (C=O) groups excluding carboxylic acids is 1. The van der Waals surface area contributed by atoms with Gasteiger partial charge in [-0.25, -0.2) is 0 Å². The van der Waals surface area contributed by atoms with Gasteiger partial charge in [-0.2, -0.15) is 0 Å². The van der Waals surface area contributed by atoms with Crippen LogP contribution in [0.1, 0.15) is 12.0 Å². The van der Waals surface area contributed by atoms with Gasteiger partial charge in [-0.15, -0.1) is 0 Å². The van der Waals surface area contributed by atoms with Gasteiger partial charge >= 0.3 is 0 Å². The standard InChI is InChI=1S/C17H19ClN2O2S2/c18-14-4-2-13(3-5-14)12-15-16(21)20(17(23)24-15)7-1-6-19-8-10-22-11-9-19/h2-5,12H,1,6-11H2/b15-12+. The third-order valence-electron chi connectivity index (χ3n) is 4.00. The summed E-state index contributed by atoms with van der Waals surface area (Å²) in [5.41, 5.74) is 0.952. The Labute approximate surface area is 156 Å². The fourth-order valence-corrected chi connectivity index (χ4v) is 4.11. The minimum atomic E-state index is 0.00178. The van der Waals surface area contributed by atoms with Crippen LogP contribution in [0.4, 0.5) is 0 Å². The smallest absolute Gasteiger partial charge is 0.266 e. The maximum Gasteiger partial charge on any atom is 0.266 e. The third-order valence-corrected chi connectivity index (χ3v) is 5.63. The summed E-state index contributed by atoms with van der Waals surface area (Å²) in [7, 11) is 0. The van der Waals surface area contributed by atoms with Crippen molar-refractivity contribution in [2.75, 3.05) is 39.4 Å². The minimum Gasteiger partial charge on any atom is -0.379 e. The molecule has 3 rings (SSSR count). The van der Waals surface area contributed by atoms with Crippen LogP contribution in [0, 0.1) is 0 Å². The van der Waals surface area contributed by atoms with Crippen LogP contribution in [0.2, 0.25) is 5.02 Å². The van der Waals surface area contributed by atoms with Crippen LogP contribution in [0.15, 0.2) is 29.2 Å². The molecule has 1 aromatic rings. The fraction of sp³-hybridized carbons (Fsp3) is 0.412. The van der Waals surface area contributed by atoms with E-state index in [0.717, 1.165) is 44.8 Å². The topological polar surface area (TPSA) is 32.8 Å². The molecular weight excluding hydrogens is 364 g/mol. The number of hydrogen-bond acceptors (Lipinski definition) is 5. The zero-order chi connectivity index (χ0) is 16.9. The third kappa shape index (κ3) is 4.58.